The van der Waals surface area contributed by atoms with Crippen LogP contribution >= 0.6 is 0 Å². The van der Waals surface area contributed by atoms with Gasteiger partial charge in [0.25, 0.3) is 0 Å². The second kappa shape index (κ2) is 4.43. The van der Waals surface area contributed by atoms with Crippen molar-refractivity contribution in [3.05, 3.63) is 40.2 Å². The largest absolute Gasteiger partial charge is 0.384 e. The van der Waals surface area contributed by atoms with Gasteiger partial charge in [-0.15, -0.1) is 0 Å². The quantitative estimate of drug-likeness (QED) is 0.837. The summed E-state index contributed by atoms with van der Waals surface area (Å²) in [6.07, 6.45) is 0. The van der Waals surface area contributed by atoms with Crippen molar-refractivity contribution < 1.29 is 4.79 Å². The van der Waals surface area contributed by atoms with Crippen LogP contribution in [0.5, 0.6) is 0 Å². The SMILES string of the molecule is Cc1cc(C)c(N2C(=O)C(C)C(C#N)=C2N)c(C)c1. The van der Waals surface area contributed by atoms with E-state index < -0.39 is 5.92 Å². The first-order valence-corrected chi connectivity index (χ1v) is 6.20. The van der Waals surface area contributed by atoms with E-state index in [1.807, 2.05) is 39.0 Å². The molecule has 1 atom stereocenters. The summed E-state index contributed by atoms with van der Waals surface area (Å²) >= 11 is 0. The standard InChI is InChI=1S/C15H17N3O/c1-8-5-9(2)13(10(3)6-8)18-14(17)12(7-16)11(4)15(18)19/h5-6,11H,17H2,1-4H3. The molecule has 2 rings (SSSR count). The topological polar surface area (TPSA) is 70.1 Å². The molecule has 4 heteroatoms. The van der Waals surface area contributed by atoms with Crippen molar-refractivity contribution in [3.63, 3.8) is 0 Å². The van der Waals surface area contributed by atoms with Crippen LogP contribution in [0.2, 0.25) is 0 Å². The Labute approximate surface area is 113 Å². The molecule has 0 fully saturated rings. The van der Waals surface area contributed by atoms with E-state index in [2.05, 4.69) is 0 Å². The highest BCUT2D eigenvalue weighted by Crippen LogP contribution is 2.35. The summed E-state index contributed by atoms with van der Waals surface area (Å²) in [6, 6.07) is 6.06. The molecule has 98 valence electrons. The normalized spacial score (nSPS) is 19.0. The maximum atomic E-state index is 12.3. The minimum atomic E-state index is -0.467. The van der Waals surface area contributed by atoms with Gasteiger partial charge in [0.2, 0.25) is 5.91 Å². The Morgan fingerprint density at radius 1 is 1.26 bits per heavy atom. The highest BCUT2D eigenvalue weighted by Gasteiger charge is 2.37. The second-order valence-electron chi connectivity index (χ2n) is 5.05. The average Bonchev–Trinajstić information content (AvgIpc) is 2.52. The van der Waals surface area contributed by atoms with Crippen LogP contribution in [0.4, 0.5) is 5.69 Å². The van der Waals surface area contributed by atoms with E-state index in [1.165, 1.54) is 4.90 Å². The summed E-state index contributed by atoms with van der Waals surface area (Å²) in [6.45, 7) is 7.63. The first-order chi connectivity index (χ1) is 8.88. The predicted octanol–water partition coefficient (Wildman–Crippen LogP) is 2.29. The minimum absolute atomic E-state index is 0.135. The first kappa shape index (κ1) is 13.2. The Kier molecular flexibility index (Phi) is 3.07. The lowest BCUT2D eigenvalue weighted by atomic mass is 10.0. The number of hydrogen-bond acceptors (Lipinski definition) is 3. The zero-order valence-corrected chi connectivity index (χ0v) is 11.6. The van der Waals surface area contributed by atoms with Gasteiger partial charge in [0, 0.05) is 0 Å². The number of rotatable bonds is 1. The third-order valence-electron chi connectivity index (χ3n) is 3.52. The summed E-state index contributed by atoms with van der Waals surface area (Å²) in [4.78, 5) is 13.8. The molecule has 0 aliphatic carbocycles. The van der Waals surface area contributed by atoms with Crippen molar-refractivity contribution in [2.24, 2.45) is 11.7 Å². The maximum absolute atomic E-state index is 12.3. The molecular weight excluding hydrogens is 238 g/mol. The monoisotopic (exact) mass is 255 g/mol. The molecular formula is C15H17N3O. The van der Waals surface area contributed by atoms with Crippen molar-refractivity contribution in [2.45, 2.75) is 27.7 Å². The molecule has 1 unspecified atom stereocenters. The van der Waals surface area contributed by atoms with E-state index in [9.17, 15) is 4.79 Å². The van der Waals surface area contributed by atoms with Crippen LogP contribution in [0.1, 0.15) is 23.6 Å². The maximum Gasteiger partial charge on any atom is 0.240 e. The lowest BCUT2D eigenvalue weighted by Gasteiger charge is -2.23. The summed E-state index contributed by atoms with van der Waals surface area (Å²) in [7, 11) is 0. The fourth-order valence-electron chi connectivity index (χ4n) is 2.69. The predicted molar refractivity (Wildman–Crippen MR) is 74.1 cm³/mol. The number of aryl methyl sites for hydroxylation is 3. The minimum Gasteiger partial charge on any atom is -0.384 e. The fraction of sp³-hybridized carbons (Fsp3) is 0.333. The van der Waals surface area contributed by atoms with Gasteiger partial charge in [-0.2, -0.15) is 5.26 Å². The van der Waals surface area contributed by atoms with Crippen molar-refractivity contribution >= 4 is 11.6 Å². The number of nitrogens with two attached hydrogens (primary N) is 1. The summed E-state index contributed by atoms with van der Waals surface area (Å²) in [5.41, 5.74) is 10.2. The van der Waals surface area contributed by atoms with Crippen LogP contribution in [-0.4, -0.2) is 5.91 Å². The van der Waals surface area contributed by atoms with Gasteiger partial charge in [-0.1, -0.05) is 17.7 Å². The molecule has 1 aliphatic heterocycles. The lowest BCUT2D eigenvalue weighted by Crippen LogP contribution is -2.32. The molecule has 0 radical (unpaired) electrons. The molecule has 0 bridgehead atoms. The van der Waals surface area contributed by atoms with Crippen molar-refractivity contribution in [3.8, 4) is 6.07 Å². The van der Waals surface area contributed by atoms with Crippen LogP contribution in [0.15, 0.2) is 23.5 Å². The number of anilines is 1. The number of carbonyl (C=O) groups excluding carboxylic acids is 1. The lowest BCUT2D eigenvalue weighted by molar-refractivity contribution is -0.119. The van der Waals surface area contributed by atoms with Gasteiger partial charge in [0.15, 0.2) is 0 Å². The number of nitriles is 1. The zero-order valence-electron chi connectivity index (χ0n) is 11.6. The highest BCUT2D eigenvalue weighted by atomic mass is 16.2. The van der Waals surface area contributed by atoms with E-state index in [0.717, 1.165) is 22.4 Å². The molecule has 1 aromatic rings. The Bertz CT molecular complexity index is 614. The number of hydrogen-bond donors (Lipinski definition) is 1. The fourth-order valence-corrected chi connectivity index (χ4v) is 2.69. The molecule has 1 heterocycles. The van der Waals surface area contributed by atoms with E-state index in [0.29, 0.717) is 5.57 Å². The van der Waals surface area contributed by atoms with Gasteiger partial charge in [-0.3, -0.25) is 9.69 Å². The molecule has 0 saturated carbocycles. The van der Waals surface area contributed by atoms with Crippen molar-refractivity contribution in [1.82, 2.24) is 0 Å². The summed E-state index contributed by atoms with van der Waals surface area (Å²) in [5.74, 6) is -0.343. The van der Waals surface area contributed by atoms with Gasteiger partial charge in [0.1, 0.15) is 5.82 Å². The van der Waals surface area contributed by atoms with E-state index >= 15 is 0 Å². The van der Waals surface area contributed by atoms with Gasteiger partial charge in [-0.25, -0.2) is 0 Å². The summed E-state index contributed by atoms with van der Waals surface area (Å²) < 4.78 is 0. The Hall–Kier alpha value is -2.28. The third-order valence-corrected chi connectivity index (χ3v) is 3.52. The van der Waals surface area contributed by atoms with Gasteiger partial charge in [0.05, 0.1) is 23.2 Å². The van der Waals surface area contributed by atoms with Crippen LogP contribution in [0, 0.1) is 38.0 Å². The van der Waals surface area contributed by atoms with E-state index in [1.54, 1.807) is 6.92 Å². The zero-order chi connectivity index (χ0) is 14.3. The number of amides is 1. The second-order valence-corrected chi connectivity index (χ2v) is 5.05. The molecule has 19 heavy (non-hydrogen) atoms. The Balaban J connectivity index is 2.65. The van der Waals surface area contributed by atoms with Crippen molar-refractivity contribution in [1.29, 1.82) is 5.26 Å². The smallest absolute Gasteiger partial charge is 0.240 e. The average molecular weight is 255 g/mol. The first-order valence-electron chi connectivity index (χ1n) is 6.20. The molecule has 0 spiro atoms. The Morgan fingerprint density at radius 3 is 2.21 bits per heavy atom. The van der Waals surface area contributed by atoms with Crippen molar-refractivity contribution in [2.75, 3.05) is 4.90 Å². The van der Waals surface area contributed by atoms with Crippen LogP contribution < -0.4 is 10.6 Å². The number of carbonyl (C=O) groups is 1. The molecule has 1 aromatic carbocycles. The Morgan fingerprint density at radius 2 is 1.79 bits per heavy atom. The molecule has 0 aromatic heterocycles. The molecule has 1 aliphatic rings. The van der Waals surface area contributed by atoms with Gasteiger partial charge in [-0.05, 0) is 38.8 Å². The van der Waals surface area contributed by atoms with Gasteiger partial charge >= 0.3 is 0 Å². The van der Waals surface area contributed by atoms with Crippen LogP contribution in [-0.2, 0) is 4.79 Å². The molecule has 0 saturated heterocycles. The molecule has 2 N–H and O–H groups in total. The number of benzene rings is 1. The van der Waals surface area contributed by atoms with E-state index in [-0.39, 0.29) is 11.7 Å². The van der Waals surface area contributed by atoms with Crippen LogP contribution in [0.3, 0.4) is 0 Å². The van der Waals surface area contributed by atoms with Crippen LogP contribution in [0.25, 0.3) is 0 Å². The summed E-state index contributed by atoms with van der Waals surface area (Å²) in [5, 5.41) is 9.11. The van der Waals surface area contributed by atoms with E-state index in [4.69, 9.17) is 11.0 Å². The molecule has 4 nitrogen and oxygen atoms in total. The molecule has 1 amide bonds. The third kappa shape index (κ3) is 1.88. The highest BCUT2D eigenvalue weighted by molar-refractivity contribution is 6.04. The van der Waals surface area contributed by atoms with Gasteiger partial charge < -0.3 is 5.73 Å². The number of nitrogens with zero attached hydrogens (tertiary/aromatic N) is 2.